The van der Waals surface area contributed by atoms with E-state index in [2.05, 4.69) is 16.6 Å². The summed E-state index contributed by atoms with van der Waals surface area (Å²) >= 11 is 5.85. The molecule has 0 radical (unpaired) electrons. The highest BCUT2D eigenvalue weighted by Gasteiger charge is 2.03. The Bertz CT molecular complexity index is 662. The van der Waals surface area contributed by atoms with Crippen molar-refractivity contribution in [3.8, 4) is 12.3 Å². The molecule has 0 atom stereocenters. The number of hydrogen-bond donors (Lipinski definition) is 2. The highest BCUT2D eigenvalue weighted by molar-refractivity contribution is 6.30. The second kappa shape index (κ2) is 6.65. The predicted molar refractivity (Wildman–Crippen MR) is 82.9 cm³/mol. The van der Waals surface area contributed by atoms with Crippen LogP contribution >= 0.6 is 11.6 Å². The molecule has 1 amide bonds. The molecular weight excluding hydrogens is 272 g/mol. The number of anilines is 2. The minimum atomic E-state index is -0.154. The molecule has 0 heterocycles. The molecule has 4 heteroatoms. The van der Waals surface area contributed by atoms with Crippen LogP contribution < -0.4 is 10.6 Å². The molecule has 0 aliphatic rings. The van der Waals surface area contributed by atoms with Crippen molar-refractivity contribution in [1.29, 1.82) is 0 Å². The maximum absolute atomic E-state index is 11.8. The van der Waals surface area contributed by atoms with Gasteiger partial charge in [-0.15, -0.1) is 6.42 Å². The Balaban J connectivity index is 1.90. The summed E-state index contributed by atoms with van der Waals surface area (Å²) < 4.78 is 0. The third-order valence-electron chi connectivity index (χ3n) is 2.59. The quantitative estimate of drug-likeness (QED) is 0.845. The van der Waals surface area contributed by atoms with Crippen LogP contribution in [0.25, 0.3) is 0 Å². The van der Waals surface area contributed by atoms with Gasteiger partial charge in [0.1, 0.15) is 0 Å². The van der Waals surface area contributed by atoms with Gasteiger partial charge in [-0.3, -0.25) is 4.79 Å². The summed E-state index contributed by atoms with van der Waals surface area (Å²) in [6.45, 7) is 0.153. The van der Waals surface area contributed by atoms with E-state index in [1.165, 1.54) is 0 Å². The van der Waals surface area contributed by atoms with Crippen LogP contribution in [0, 0.1) is 12.3 Å². The van der Waals surface area contributed by atoms with Crippen LogP contribution in [0.5, 0.6) is 0 Å². The zero-order valence-electron chi connectivity index (χ0n) is 10.7. The molecule has 100 valence electrons. The van der Waals surface area contributed by atoms with Crippen LogP contribution in [-0.2, 0) is 4.79 Å². The monoisotopic (exact) mass is 284 g/mol. The Morgan fingerprint density at radius 1 is 1.15 bits per heavy atom. The smallest absolute Gasteiger partial charge is 0.243 e. The van der Waals surface area contributed by atoms with E-state index < -0.39 is 0 Å². The van der Waals surface area contributed by atoms with E-state index in [1.807, 2.05) is 24.3 Å². The molecule has 2 rings (SSSR count). The van der Waals surface area contributed by atoms with E-state index in [0.29, 0.717) is 10.7 Å². The van der Waals surface area contributed by atoms with Crippen molar-refractivity contribution in [2.45, 2.75) is 0 Å². The Labute approximate surface area is 123 Å². The highest BCUT2D eigenvalue weighted by Crippen LogP contribution is 2.15. The lowest BCUT2D eigenvalue weighted by Gasteiger charge is -2.08. The molecule has 0 aliphatic heterocycles. The number of halogens is 1. The number of amides is 1. The summed E-state index contributed by atoms with van der Waals surface area (Å²) in [6.07, 6.45) is 5.32. The van der Waals surface area contributed by atoms with Gasteiger partial charge in [-0.25, -0.2) is 0 Å². The predicted octanol–water partition coefficient (Wildman–Crippen LogP) is 3.37. The van der Waals surface area contributed by atoms with Gasteiger partial charge in [-0.1, -0.05) is 29.7 Å². The van der Waals surface area contributed by atoms with Crippen LogP contribution in [-0.4, -0.2) is 12.5 Å². The third kappa shape index (κ3) is 4.04. The van der Waals surface area contributed by atoms with Crippen molar-refractivity contribution < 1.29 is 4.79 Å². The molecule has 2 aromatic carbocycles. The molecule has 0 bridgehead atoms. The zero-order chi connectivity index (χ0) is 14.4. The molecule has 2 N–H and O–H groups in total. The van der Waals surface area contributed by atoms with Gasteiger partial charge in [0.05, 0.1) is 6.54 Å². The number of carbonyl (C=O) groups excluding carboxylic acids is 1. The SMILES string of the molecule is C#Cc1cccc(NCC(=O)Nc2cccc(Cl)c2)c1. The largest absolute Gasteiger partial charge is 0.376 e. The Morgan fingerprint density at radius 3 is 2.65 bits per heavy atom. The topological polar surface area (TPSA) is 41.1 Å². The first-order valence-electron chi connectivity index (χ1n) is 6.03. The second-order valence-electron chi connectivity index (χ2n) is 4.14. The Hall–Kier alpha value is -2.44. The molecule has 0 saturated carbocycles. The number of terminal acetylenes is 1. The first kappa shape index (κ1) is 14.0. The molecular formula is C16H13ClN2O. The van der Waals surface area contributed by atoms with Crippen LogP contribution in [0.4, 0.5) is 11.4 Å². The first-order chi connectivity index (χ1) is 9.67. The highest BCUT2D eigenvalue weighted by atomic mass is 35.5. The standard InChI is InChI=1S/C16H13ClN2O/c1-2-12-5-3-7-14(9-12)18-11-16(20)19-15-8-4-6-13(17)10-15/h1,3-10,18H,11H2,(H,19,20). The second-order valence-corrected chi connectivity index (χ2v) is 4.57. The van der Waals surface area contributed by atoms with E-state index >= 15 is 0 Å². The summed E-state index contributed by atoms with van der Waals surface area (Å²) in [5.41, 5.74) is 2.24. The fourth-order valence-corrected chi connectivity index (χ4v) is 1.86. The minimum absolute atomic E-state index is 0.153. The van der Waals surface area contributed by atoms with E-state index in [0.717, 1.165) is 11.3 Å². The van der Waals surface area contributed by atoms with Gasteiger partial charge in [0.2, 0.25) is 5.91 Å². The molecule has 3 nitrogen and oxygen atoms in total. The third-order valence-corrected chi connectivity index (χ3v) is 2.83. The van der Waals surface area contributed by atoms with Gasteiger partial charge in [0.15, 0.2) is 0 Å². The average molecular weight is 285 g/mol. The Kier molecular flexibility index (Phi) is 4.65. The summed E-state index contributed by atoms with van der Waals surface area (Å²) in [4.78, 5) is 11.8. The molecule has 0 saturated heterocycles. The number of nitrogens with one attached hydrogen (secondary N) is 2. The Morgan fingerprint density at radius 2 is 1.90 bits per heavy atom. The molecule has 0 fully saturated rings. The van der Waals surface area contributed by atoms with Crippen LogP contribution in [0.3, 0.4) is 0 Å². The van der Waals surface area contributed by atoms with Crippen LogP contribution in [0.15, 0.2) is 48.5 Å². The van der Waals surface area contributed by atoms with Crippen molar-refractivity contribution in [1.82, 2.24) is 0 Å². The van der Waals surface area contributed by atoms with E-state index in [9.17, 15) is 4.79 Å². The first-order valence-corrected chi connectivity index (χ1v) is 6.41. The van der Waals surface area contributed by atoms with Crippen molar-refractivity contribution in [2.75, 3.05) is 17.2 Å². The van der Waals surface area contributed by atoms with Crippen LogP contribution in [0.1, 0.15) is 5.56 Å². The van der Waals surface area contributed by atoms with Gasteiger partial charge in [-0.2, -0.15) is 0 Å². The fourth-order valence-electron chi connectivity index (χ4n) is 1.67. The molecule has 0 aliphatic carbocycles. The van der Waals surface area contributed by atoms with Gasteiger partial charge in [0, 0.05) is 22.0 Å². The maximum atomic E-state index is 11.8. The van der Waals surface area contributed by atoms with Gasteiger partial charge in [0.25, 0.3) is 0 Å². The van der Waals surface area contributed by atoms with Gasteiger partial charge in [-0.05, 0) is 36.4 Å². The van der Waals surface area contributed by atoms with Crippen molar-refractivity contribution in [3.63, 3.8) is 0 Å². The van der Waals surface area contributed by atoms with Gasteiger partial charge < -0.3 is 10.6 Å². The number of carbonyl (C=O) groups is 1. The lowest BCUT2D eigenvalue weighted by molar-refractivity contribution is -0.114. The summed E-state index contributed by atoms with van der Waals surface area (Å²) in [6, 6.07) is 14.3. The number of hydrogen-bond acceptors (Lipinski definition) is 2. The van der Waals surface area contributed by atoms with E-state index in [4.69, 9.17) is 18.0 Å². The van der Waals surface area contributed by atoms with Crippen molar-refractivity contribution in [3.05, 3.63) is 59.1 Å². The summed E-state index contributed by atoms with van der Waals surface area (Å²) in [5, 5.41) is 6.35. The van der Waals surface area contributed by atoms with Crippen molar-refractivity contribution >= 4 is 28.9 Å². The normalized spacial score (nSPS) is 9.60. The lowest BCUT2D eigenvalue weighted by atomic mass is 10.2. The zero-order valence-corrected chi connectivity index (χ0v) is 11.4. The summed E-state index contributed by atoms with van der Waals surface area (Å²) in [7, 11) is 0. The average Bonchev–Trinajstić information content (AvgIpc) is 2.45. The van der Waals surface area contributed by atoms with E-state index in [1.54, 1.807) is 24.3 Å². The molecule has 0 spiro atoms. The molecule has 0 aromatic heterocycles. The molecule has 2 aromatic rings. The maximum Gasteiger partial charge on any atom is 0.243 e. The lowest BCUT2D eigenvalue weighted by Crippen LogP contribution is -2.21. The minimum Gasteiger partial charge on any atom is -0.376 e. The number of benzene rings is 2. The van der Waals surface area contributed by atoms with Crippen molar-refractivity contribution in [2.24, 2.45) is 0 Å². The molecule has 0 unspecified atom stereocenters. The fraction of sp³-hybridized carbons (Fsp3) is 0.0625. The molecule has 20 heavy (non-hydrogen) atoms. The van der Waals surface area contributed by atoms with Gasteiger partial charge >= 0.3 is 0 Å². The summed E-state index contributed by atoms with van der Waals surface area (Å²) in [5.74, 6) is 2.39. The van der Waals surface area contributed by atoms with E-state index in [-0.39, 0.29) is 12.5 Å². The van der Waals surface area contributed by atoms with Crippen LogP contribution in [0.2, 0.25) is 5.02 Å². The number of rotatable bonds is 4.